The van der Waals surface area contributed by atoms with Crippen LogP contribution in [0.2, 0.25) is 0 Å². The van der Waals surface area contributed by atoms with E-state index in [1.165, 1.54) is 0 Å². The average molecular weight is 379 g/mol. The second kappa shape index (κ2) is 6.78. The second-order valence-electron chi connectivity index (χ2n) is 7.08. The van der Waals surface area contributed by atoms with Crippen LogP contribution in [0.15, 0.2) is 42.5 Å². The van der Waals surface area contributed by atoms with Gasteiger partial charge in [0.05, 0.1) is 22.9 Å². The summed E-state index contributed by atoms with van der Waals surface area (Å²) in [5, 5.41) is 7.65. The molecule has 0 aliphatic carbocycles. The van der Waals surface area contributed by atoms with Crippen molar-refractivity contribution >= 4 is 22.5 Å². The number of fused-ring (bicyclic) bond motifs is 1. The van der Waals surface area contributed by atoms with E-state index >= 15 is 0 Å². The molecule has 27 heavy (non-hydrogen) atoms. The molecule has 0 spiro atoms. The van der Waals surface area contributed by atoms with E-state index in [0.717, 1.165) is 33.6 Å². The zero-order valence-electron chi connectivity index (χ0n) is 15.6. The second-order valence-corrected chi connectivity index (χ2v) is 8.54. The molecule has 1 amide bonds. The van der Waals surface area contributed by atoms with Crippen LogP contribution in [-0.2, 0) is 22.3 Å². The number of nitrogens with zero attached hydrogens (tertiary/aromatic N) is 2. The summed E-state index contributed by atoms with van der Waals surface area (Å²) in [5.41, 5.74) is 6.38. The summed E-state index contributed by atoms with van der Waals surface area (Å²) in [6, 6.07) is 13.7. The maximum absolute atomic E-state index is 12.9. The number of hydrogen-bond acceptors (Lipinski definition) is 3. The van der Waals surface area contributed by atoms with Gasteiger partial charge in [-0.05, 0) is 45.0 Å². The highest BCUT2D eigenvalue weighted by Crippen LogP contribution is 2.31. The minimum absolute atomic E-state index is 0.185. The van der Waals surface area contributed by atoms with Gasteiger partial charge < -0.3 is 5.32 Å². The molecule has 1 aliphatic heterocycles. The first-order valence-electron chi connectivity index (χ1n) is 8.83. The van der Waals surface area contributed by atoms with Gasteiger partial charge in [-0.2, -0.15) is 5.10 Å². The van der Waals surface area contributed by atoms with Gasteiger partial charge in [0.25, 0.3) is 5.91 Å². The molecule has 1 N–H and O–H groups in total. The lowest BCUT2D eigenvalue weighted by Crippen LogP contribution is -2.17. The average Bonchev–Trinajstić information content (AvgIpc) is 3.12. The number of aromatic nitrogens is 2. The van der Waals surface area contributed by atoms with Crippen molar-refractivity contribution in [2.24, 2.45) is 0 Å². The van der Waals surface area contributed by atoms with Crippen LogP contribution in [0.1, 0.15) is 38.3 Å². The van der Waals surface area contributed by atoms with Crippen molar-refractivity contribution in [1.82, 2.24) is 9.78 Å². The first-order chi connectivity index (χ1) is 12.9. The van der Waals surface area contributed by atoms with E-state index in [9.17, 15) is 9.00 Å². The van der Waals surface area contributed by atoms with Gasteiger partial charge >= 0.3 is 0 Å². The fourth-order valence-electron chi connectivity index (χ4n) is 3.41. The van der Waals surface area contributed by atoms with Crippen LogP contribution in [0.4, 0.5) is 5.82 Å². The van der Waals surface area contributed by atoms with Gasteiger partial charge in [-0.1, -0.05) is 34.9 Å². The zero-order valence-corrected chi connectivity index (χ0v) is 16.4. The first kappa shape index (κ1) is 17.7. The topological polar surface area (TPSA) is 64.0 Å². The molecule has 2 heterocycles. The number of carbonyl (C=O) groups excluding carboxylic acids is 1. The van der Waals surface area contributed by atoms with E-state index in [4.69, 9.17) is 0 Å². The summed E-state index contributed by atoms with van der Waals surface area (Å²) in [4.78, 5) is 12.9. The molecule has 1 atom stereocenters. The van der Waals surface area contributed by atoms with Crippen LogP contribution >= 0.6 is 0 Å². The van der Waals surface area contributed by atoms with Crippen LogP contribution in [0.3, 0.4) is 0 Å². The predicted molar refractivity (Wildman–Crippen MR) is 108 cm³/mol. The molecule has 138 valence electrons. The molecule has 2 aromatic carbocycles. The number of amides is 1. The summed E-state index contributed by atoms with van der Waals surface area (Å²) in [7, 11) is -0.961. The number of anilines is 1. The van der Waals surface area contributed by atoms with E-state index in [1.807, 2.05) is 63.2 Å². The molecule has 6 heteroatoms. The van der Waals surface area contributed by atoms with E-state index in [2.05, 4.69) is 10.4 Å². The van der Waals surface area contributed by atoms with Gasteiger partial charge in [-0.3, -0.25) is 9.00 Å². The van der Waals surface area contributed by atoms with Crippen LogP contribution in [0.25, 0.3) is 5.69 Å². The highest BCUT2D eigenvalue weighted by atomic mass is 32.2. The molecule has 0 saturated heterocycles. The SMILES string of the molecule is Cc1ccc(-n2nc3c(c2NC(=O)c2cc(C)cc(C)c2)CS(=O)C3)cc1. The Labute approximate surface area is 160 Å². The normalized spacial score (nSPS) is 15.6. The maximum Gasteiger partial charge on any atom is 0.256 e. The van der Waals surface area contributed by atoms with Crippen LogP contribution in [-0.4, -0.2) is 19.9 Å². The molecular weight excluding hydrogens is 358 g/mol. The first-order valence-corrected chi connectivity index (χ1v) is 10.3. The number of benzene rings is 2. The van der Waals surface area contributed by atoms with E-state index in [0.29, 0.717) is 22.9 Å². The lowest BCUT2D eigenvalue weighted by atomic mass is 10.1. The molecule has 0 saturated carbocycles. The molecule has 0 radical (unpaired) electrons. The van der Waals surface area contributed by atoms with Gasteiger partial charge in [-0.15, -0.1) is 0 Å². The number of hydrogen-bond donors (Lipinski definition) is 1. The lowest BCUT2D eigenvalue weighted by Gasteiger charge is -2.12. The number of rotatable bonds is 3. The summed E-state index contributed by atoms with van der Waals surface area (Å²) in [5.74, 6) is 1.28. The van der Waals surface area contributed by atoms with Crippen molar-refractivity contribution in [1.29, 1.82) is 0 Å². The van der Waals surface area contributed by atoms with Gasteiger partial charge in [-0.25, -0.2) is 4.68 Å². The third kappa shape index (κ3) is 3.45. The van der Waals surface area contributed by atoms with Crippen LogP contribution < -0.4 is 5.32 Å². The summed E-state index contributed by atoms with van der Waals surface area (Å²) >= 11 is 0. The van der Waals surface area contributed by atoms with Crippen LogP contribution in [0, 0.1) is 20.8 Å². The standard InChI is InChI=1S/C21H21N3O2S/c1-13-4-6-17(7-5-13)24-20(18-11-27(26)12-19(18)23-24)22-21(25)16-9-14(2)8-15(3)10-16/h4-10H,11-12H2,1-3H3,(H,22,25). The maximum atomic E-state index is 12.9. The third-order valence-corrected chi connectivity index (χ3v) is 5.87. The highest BCUT2D eigenvalue weighted by molar-refractivity contribution is 7.83. The van der Waals surface area contributed by atoms with Crippen molar-refractivity contribution in [3.8, 4) is 5.69 Å². The smallest absolute Gasteiger partial charge is 0.256 e. The van der Waals surface area contributed by atoms with Crippen molar-refractivity contribution in [3.63, 3.8) is 0 Å². The van der Waals surface area contributed by atoms with Gasteiger partial charge in [0.15, 0.2) is 0 Å². The van der Waals surface area contributed by atoms with E-state index < -0.39 is 10.8 Å². The van der Waals surface area contributed by atoms with Crippen molar-refractivity contribution in [2.45, 2.75) is 32.3 Å². The van der Waals surface area contributed by atoms with Crippen LogP contribution in [0.5, 0.6) is 0 Å². The fourth-order valence-corrected chi connectivity index (χ4v) is 4.68. The van der Waals surface area contributed by atoms with Crippen molar-refractivity contribution in [3.05, 3.63) is 76.0 Å². The predicted octanol–water partition coefficient (Wildman–Crippen LogP) is 3.81. The number of aryl methyl sites for hydroxylation is 3. The molecule has 5 nitrogen and oxygen atoms in total. The Bertz CT molecular complexity index is 1050. The molecule has 1 unspecified atom stereocenters. The Hall–Kier alpha value is -2.73. The minimum Gasteiger partial charge on any atom is -0.306 e. The van der Waals surface area contributed by atoms with E-state index in [1.54, 1.807) is 4.68 Å². The lowest BCUT2D eigenvalue weighted by molar-refractivity contribution is 0.102. The van der Waals surface area contributed by atoms with Gasteiger partial charge in [0.1, 0.15) is 5.82 Å². The Morgan fingerprint density at radius 1 is 1.00 bits per heavy atom. The summed E-state index contributed by atoms with van der Waals surface area (Å²) < 4.78 is 13.8. The number of carbonyl (C=O) groups is 1. The van der Waals surface area contributed by atoms with Gasteiger partial charge in [0, 0.05) is 21.9 Å². The number of nitrogens with one attached hydrogen (secondary N) is 1. The zero-order chi connectivity index (χ0) is 19.1. The van der Waals surface area contributed by atoms with Crippen molar-refractivity contribution < 1.29 is 9.00 Å². The molecule has 1 aliphatic rings. The molecular formula is C21H21N3O2S. The van der Waals surface area contributed by atoms with E-state index in [-0.39, 0.29) is 5.91 Å². The minimum atomic E-state index is -0.961. The summed E-state index contributed by atoms with van der Waals surface area (Å²) in [6.07, 6.45) is 0. The highest BCUT2D eigenvalue weighted by Gasteiger charge is 2.28. The van der Waals surface area contributed by atoms with Gasteiger partial charge in [0.2, 0.25) is 0 Å². The molecule has 1 aromatic heterocycles. The molecule has 0 fully saturated rings. The fraction of sp³-hybridized carbons (Fsp3) is 0.238. The Balaban J connectivity index is 1.76. The quantitative estimate of drug-likeness (QED) is 0.753. The Kier molecular flexibility index (Phi) is 4.44. The largest absolute Gasteiger partial charge is 0.306 e. The molecule has 4 rings (SSSR count). The Morgan fingerprint density at radius 3 is 2.33 bits per heavy atom. The van der Waals surface area contributed by atoms with Crippen molar-refractivity contribution in [2.75, 3.05) is 5.32 Å². The summed E-state index contributed by atoms with van der Waals surface area (Å²) in [6.45, 7) is 5.97. The third-order valence-electron chi connectivity index (χ3n) is 4.66. The molecule has 3 aromatic rings. The Morgan fingerprint density at radius 2 is 1.67 bits per heavy atom. The molecule has 0 bridgehead atoms. The monoisotopic (exact) mass is 379 g/mol.